The Bertz CT molecular complexity index is 171. The Morgan fingerprint density at radius 2 is 1.75 bits per heavy atom. The number of unbranched alkanes of at least 4 members (excludes halogenated alkanes) is 2. The lowest BCUT2D eigenvalue weighted by atomic mass is 10.0. The highest BCUT2D eigenvalue weighted by molar-refractivity contribution is 6.20. The van der Waals surface area contributed by atoms with Gasteiger partial charge in [0.25, 0.3) is 0 Å². The molecule has 1 unspecified atom stereocenters. The molecule has 0 saturated heterocycles. The molecule has 5 heteroatoms. The highest BCUT2D eigenvalue weighted by atomic mass is 35.5. The number of halogens is 4. The summed E-state index contributed by atoms with van der Waals surface area (Å²) in [6.45, 7) is 3.15. The number of hydrogen-bond acceptors (Lipinski definition) is 1. The normalized spacial score (nSPS) is 14.4. The summed E-state index contributed by atoms with van der Waals surface area (Å²) in [4.78, 5) is 0. The molecule has 0 aromatic heterocycles. The van der Waals surface area contributed by atoms with E-state index in [9.17, 15) is 13.2 Å². The molecule has 0 bridgehead atoms. The minimum absolute atomic E-state index is 0.163. The first-order valence-corrected chi connectivity index (χ1v) is 6.05. The Balaban J connectivity index is 3.22. The summed E-state index contributed by atoms with van der Waals surface area (Å²) >= 11 is 6.04. The van der Waals surface area contributed by atoms with E-state index < -0.39 is 12.8 Å². The van der Waals surface area contributed by atoms with E-state index in [4.69, 9.17) is 11.6 Å². The van der Waals surface area contributed by atoms with Crippen molar-refractivity contribution in [3.8, 4) is 0 Å². The second kappa shape index (κ2) is 8.18. The van der Waals surface area contributed by atoms with Crippen molar-refractivity contribution in [1.82, 2.24) is 0 Å². The van der Waals surface area contributed by atoms with Gasteiger partial charge in [0.2, 0.25) is 0 Å². The molecule has 0 amide bonds. The van der Waals surface area contributed by atoms with Crippen LogP contribution >= 0.6 is 11.6 Å². The summed E-state index contributed by atoms with van der Waals surface area (Å²) in [5, 5.41) is 0.163. The van der Waals surface area contributed by atoms with Gasteiger partial charge in [0.05, 0.1) is 0 Å². The molecule has 1 nitrogen and oxygen atoms in total. The highest BCUT2D eigenvalue weighted by Gasteiger charge is 2.27. The monoisotopic (exact) mass is 260 g/mol. The summed E-state index contributed by atoms with van der Waals surface area (Å²) < 4.78 is 39.5. The smallest absolute Gasteiger partial charge is 0.372 e. The van der Waals surface area contributed by atoms with E-state index in [1.54, 1.807) is 0 Å². The van der Waals surface area contributed by atoms with Crippen LogP contribution in [0.4, 0.5) is 13.2 Å². The summed E-state index contributed by atoms with van der Waals surface area (Å²) in [5.41, 5.74) is 0. The molecule has 0 aliphatic rings. The maximum Gasteiger partial charge on any atom is 0.411 e. The SMILES string of the molecule is CC(C)C(Cl)CCCCCOCC(F)(F)F. The van der Waals surface area contributed by atoms with Crippen LogP contribution in [0.2, 0.25) is 0 Å². The summed E-state index contributed by atoms with van der Waals surface area (Å²) in [5.74, 6) is 0.447. The first kappa shape index (κ1) is 16.0. The van der Waals surface area contributed by atoms with Crippen LogP contribution in [0.1, 0.15) is 39.5 Å². The third kappa shape index (κ3) is 10.6. The molecule has 0 aromatic rings. The number of ether oxygens (including phenoxy) is 1. The number of rotatable bonds is 8. The Labute approximate surface area is 100 Å². The maximum absolute atomic E-state index is 11.7. The third-order valence-electron chi connectivity index (χ3n) is 2.26. The fraction of sp³-hybridized carbons (Fsp3) is 1.00. The maximum atomic E-state index is 11.7. The Kier molecular flexibility index (Phi) is 8.20. The van der Waals surface area contributed by atoms with Crippen molar-refractivity contribution in [2.24, 2.45) is 5.92 Å². The average molecular weight is 261 g/mol. The molecular weight excluding hydrogens is 241 g/mol. The molecule has 98 valence electrons. The second-order valence-electron chi connectivity index (χ2n) is 4.28. The van der Waals surface area contributed by atoms with Crippen molar-refractivity contribution in [3.05, 3.63) is 0 Å². The van der Waals surface area contributed by atoms with Gasteiger partial charge in [0.15, 0.2) is 0 Å². The van der Waals surface area contributed by atoms with Gasteiger partial charge in [-0.05, 0) is 18.8 Å². The largest absolute Gasteiger partial charge is 0.411 e. The van der Waals surface area contributed by atoms with E-state index in [0.717, 1.165) is 19.3 Å². The van der Waals surface area contributed by atoms with Crippen molar-refractivity contribution >= 4 is 11.6 Å². The molecule has 0 fully saturated rings. The zero-order valence-electron chi connectivity index (χ0n) is 9.82. The zero-order valence-corrected chi connectivity index (χ0v) is 10.6. The fourth-order valence-corrected chi connectivity index (χ4v) is 1.40. The molecule has 16 heavy (non-hydrogen) atoms. The van der Waals surface area contributed by atoms with E-state index in [0.29, 0.717) is 12.3 Å². The van der Waals surface area contributed by atoms with Crippen molar-refractivity contribution < 1.29 is 17.9 Å². The quantitative estimate of drug-likeness (QED) is 0.465. The summed E-state index contributed by atoms with van der Waals surface area (Å²) in [7, 11) is 0. The highest BCUT2D eigenvalue weighted by Crippen LogP contribution is 2.17. The van der Waals surface area contributed by atoms with Crippen molar-refractivity contribution in [2.75, 3.05) is 13.2 Å². The molecule has 1 atom stereocenters. The van der Waals surface area contributed by atoms with Crippen LogP contribution in [0.3, 0.4) is 0 Å². The summed E-state index contributed by atoms with van der Waals surface area (Å²) in [6, 6.07) is 0. The molecular formula is C11H20ClF3O. The van der Waals surface area contributed by atoms with Crippen LogP contribution in [0.5, 0.6) is 0 Å². The minimum Gasteiger partial charge on any atom is -0.372 e. The lowest BCUT2D eigenvalue weighted by Crippen LogP contribution is -2.17. The van der Waals surface area contributed by atoms with Gasteiger partial charge in [-0.2, -0.15) is 13.2 Å². The van der Waals surface area contributed by atoms with Crippen molar-refractivity contribution in [3.63, 3.8) is 0 Å². The standard InChI is InChI=1S/C11H20ClF3O/c1-9(2)10(12)6-4-3-5-7-16-8-11(13,14)15/h9-10H,3-8H2,1-2H3. The Morgan fingerprint density at radius 1 is 1.12 bits per heavy atom. The van der Waals surface area contributed by atoms with Crippen LogP contribution < -0.4 is 0 Å². The van der Waals surface area contributed by atoms with Gasteiger partial charge in [-0.15, -0.1) is 11.6 Å². The van der Waals surface area contributed by atoms with Crippen LogP contribution in [-0.4, -0.2) is 24.8 Å². The van der Waals surface area contributed by atoms with Crippen LogP contribution in [0.15, 0.2) is 0 Å². The molecule has 0 saturated carbocycles. The second-order valence-corrected chi connectivity index (χ2v) is 4.84. The fourth-order valence-electron chi connectivity index (χ4n) is 1.24. The molecule has 0 aliphatic heterocycles. The van der Waals surface area contributed by atoms with Gasteiger partial charge >= 0.3 is 6.18 Å². The van der Waals surface area contributed by atoms with E-state index in [1.807, 2.05) is 0 Å². The zero-order chi connectivity index (χ0) is 12.6. The lowest BCUT2D eigenvalue weighted by Gasteiger charge is -2.12. The lowest BCUT2D eigenvalue weighted by molar-refractivity contribution is -0.174. The third-order valence-corrected chi connectivity index (χ3v) is 2.98. The van der Waals surface area contributed by atoms with Gasteiger partial charge in [-0.25, -0.2) is 0 Å². The van der Waals surface area contributed by atoms with Gasteiger partial charge < -0.3 is 4.74 Å². The van der Waals surface area contributed by atoms with E-state index in [2.05, 4.69) is 18.6 Å². The molecule has 0 aromatic carbocycles. The van der Waals surface area contributed by atoms with Crippen molar-refractivity contribution in [2.45, 2.75) is 51.1 Å². The Hall–Kier alpha value is 0.0400. The first-order chi connectivity index (χ1) is 7.33. The summed E-state index contributed by atoms with van der Waals surface area (Å²) in [6.07, 6.45) is -0.815. The van der Waals surface area contributed by atoms with Crippen molar-refractivity contribution in [1.29, 1.82) is 0 Å². The molecule has 0 N–H and O–H groups in total. The molecule has 0 radical (unpaired) electrons. The number of alkyl halides is 4. The number of hydrogen-bond donors (Lipinski definition) is 0. The predicted molar refractivity (Wildman–Crippen MR) is 59.8 cm³/mol. The Morgan fingerprint density at radius 3 is 2.25 bits per heavy atom. The van der Waals surface area contributed by atoms with E-state index in [-0.39, 0.29) is 12.0 Å². The van der Waals surface area contributed by atoms with Gasteiger partial charge in [-0.3, -0.25) is 0 Å². The van der Waals surface area contributed by atoms with Gasteiger partial charge in [-0.1, -0.05) is 26.7 Å². The first-order valence-electron chi connectivity index (χ1n) is 5.61. The van der Waals surface area contributed by atoms with Crippen LogP contribution in [0.25, 0.3) is 0 Å². The molecule has 0 heterocycles. The van der Waals surface area contributed by atoms with Crippen LogP contribution in [0, 0.1) is 5.92 Å². The minimum atomic E-state index is -4.21. The molecule has 0 spiro atoms. The molecule has 0 aliphatic carbocycles. The van der Waals surface area contributed by atoms with E-state index in [1.165, 1.54) is 0 Å². The predicted octanol–water partition coefficient (Wildman–Crippen LogP) is 4.39. The van der Waals surface area contributed by atoms with Gasteiger partial charge in [0.1, 0.15) is 6.61 Å². The topological polar surface area (TPSA) is 9.23 Å². The van der Waals surface area contributed by atoms with Gasteiger partial charge in [0, 0.05) is 12.0 Å². The van der Waals surface area contributed by atoms with E-state index >= 15 is 0 Å². The molecule has 0 rings (SSSR count). The average Bonchev–Trinajstić information content (AvgIpc) is 2.14. The van der Waals surface area contributed by atoms with Crippen LogP contribution in [-0.2, 0) is 4.74 Å².